The highest BCUT2D eigenvalue weighted by Crippen LogP contribution is 2.28. The quantitative estimate of drug-likeness (QED) is 0.746. The predicted molar refractivity (Wildman–Crippen MR) is 77.4 cm³/mol. The van der Waals surface area contributed by atoms with Crippen LogP contribution in [0.15, 0.2) is 60.0 Å². The summed E-state index contributed by atoms with van der Waals surface area (Å²) in [5.41, 5.74) is 1.17. The minimum Gasteiger partial charge on any atom is -0.484 e. The molecule has 3 nitrogen and oxygen atoms in total. The minimum atomic E-state index is 0.0138. The van der Waals surface area contributed by atoms with Crippen molar-refractivity contribution in [3.63, 3.8) is 0 Å². The van der Waals surface area contributed by atoms with Crippen LogP contribution in [-0.4, -0.2) is 6.10 Å². The number of rotatable bonds is 5. The van der Waals surface area contributed by atoms with Gasteiger partial charge >= 0.3 is 0 Å². The summed E-state index contributed by atoms with van der Waals surface area (Å²) in [6.07, 6.45) is 9.23. The molecule has 1 unspecified atom stereocenters. The van der Waals surface area contributed by atoms with Crippen LogP contribution in [-0.2, 0) is 6.42 Å². The molecule has 1 aromatic carbocycles. The third-order valence-electron chi connectivity index (χ3n) is 2.75. The standard InChI is InChI=1S/C15H14ClNO2/c1-11(17-18)9-12-7-8-15(14(16)10-12)19-13-5-3-2-4-6-13/h2-5,7-8,10,13H,1,6,9H2. The zero-order valence-electron chi connectivity index (χ0n) is 10.4. The monoisotopic (exact) mass is 275 g/mol. The topological polar surface area (TPSA) is 38.7 Å². The Morgan fingerprint density at radius 1 is 1.47 bits per heavy atom. The molecule has 2 rings (SSSR count). The number of hydrogen-bond acceptors (Lipinski definition) is 3. The maximum absolute atomic E-state index is 10.3. The first-order valence-corrected chi connectivity index (χ1v) is 6.36. The zero-order valence-corrected chi connectivity index (χ0v) is 11.1. The Kier molecular flexibility index (Phi) is 4.53. The van der Waals surface area contributed by atoms with E-state index in [0.717, 1.165) is 12.0 Å². The molecule has 0 amide bonds. The lowest BCUT2D eigenvalue weighted by Crippen LogP contribution is -2.14. The maximum atomic E-state index is 10.3. The fourth-order valence-electron chi connectivity index (χ4n) is 1.83. The van der Waals surface area contributed by atoms with E-state index in [4.69, 9.17) is 16.3 Å². The van der Waals surface area contributed by atoms with Gasteiger partial charge in [0.05, 0.1) is 10.7 Å². The highest BCUT2D eigenvalue weighted by atomic mass is 35.5. The normalized spacial score (nSPS) is 17.2. The first-order valence-electron chi connectivity index (χ1n) is 5.98. The van der Waals surface area contributed by atoms with Crippen LogP contribution in [0, 0.1) is 4.91 Å². The van der Waals surface area contributed by atoms with Crippen LogP contribution in [0.4, 0.5) is 0 Å². The molecule has 0 spiro atoms. The number of nitroso groups, excluding NO2 is 1. The van der Waals surface area contributed by atoms with Gasteiger partial charge in [0.15, 0.2) is 0 Å². The van der Waals surface area contributed by atoms with Gasteiger partial charge < -0.3 is 4.74 Å². The van der Waals surface area contributed by atoms with Gasteiger partial charge in [-0.1, -0.05) is 42.5 Å². The fourth-order valence-corrected chi connectivity index (χ4v) is 2.07. The van der Waals surface area contributed by atoms with Gasteiger partial charge in [-0.05, 0) is 28.9 Å². The van der Waals surface area contributed by atoms with Crippen molar-refractivity contribution in [3.05, 3.63) is 70.3 Å². The molecule has 0 aromatic heterocycles. The second-order valence-corrected chi connectivity index (χ2v) is 4.71. The van der Waals surface area contributed by atoms with E-state index in [1.54, 1.807) is 6.07 Å². The number of hydrogen-bond donors (Lipinski definition) is 0. The molecule has 0 bridgehead atoms. The molecule has 98 valence electrons. The third kappa shape index (κ3) is 3.80. The molecule has 4 heteroatoms. The van der Waals surface area contributed by atoms with Gasteiger partial charge in [-0.25, -0.2) is 0 Å². The Morgan fingerprint density at radius 3 is 2.95 bits per heavy atom. The number of benzene rings is 1. The smallest absolute Gasteiger partial charge is 0.138 e. The van der Waals surface area contributed by atoms with Gasteiger partial charge in [0.25, 0.3) is 0 Å². The van der Waals surface area contributed by atoms with Crippen molar-refractivity contribution in [3.8, 4) is 5.75 Å². The van der Waals surface area contributed by atoms with Crippen LogP contribution in [0.5, 0.6) is 5.75 Å². The second-order valence-electron chi connectivity index (χ2n) is 4.30. The number of ether oxygens (including phenoxy) is 1. The highest BCUT2D eigenvalue weighted by molar-refractivity contribution is 6.32. The summed E-state index contributed by atoms with van der Waals surface area (Å²) < 4.78 is 5.79. The van der Waals surface area contributed by atoms with Crippen LogP contribution in [0.25, 0.3) is 0 Å². The molecule has 0 N–H and O–H groups in total. The summed E-state index contributed by atoms with van der Waals surface area (Å²) in [6.45, 7) is 3.54. The molecule has 0 aliphatic heterocycles. The van der Waals surface area contributed by atoms with Crippen molar-refractivity contribution in [2.45, 2.75) is 18.9 Å². The van der Waals surface area contributed by atoms with E-state index < -0.39 is 0 Å². The summed E-state index contributed by atoms with van der Waals surface area (Å²) in [4.78, 5) is 10.3. The van der Waals surface area contributed by atoms with Crippen LogP contribution in [0.3, 0.4) is 0 Å². The van der Waals surface area contributed by atoms with E-state index in [0.29, 0.717) is 17.2 Å². The molecule has 0 radical (unpaired) electrons. The SMILES string of the molecule is C=C(Cc1ccc(OC2C=CC=CC2)c(Cl)c1)N=O. The molecule has 19 heavy (non-hydrogen) atoms. The zero-order chi connectivity index (χ0) is 13.7. The summed E-state index contributed by atoms with van der Waals surface area (Å²) in [7, 11) is 0. The molecule has 1 aliphatic carbocycles. The molecular formula is C15H14ClNO2. The molecule has 0 heterocycles. The van der Waals surface area contributed by atoms with Crippen molar-refractivity contribution in [1.29, 1.82) is 0 Å². The predicted octanol–water partition coefficient (Wildman–Crippen LogP) is 4.43. The second kappa shape index (κ2) is 6.34. The first-order chi connectivity index (χ1) is 9.19. The van der Waals surface area contributed by atoms with E-state index in [-0.39, 0.29) is 11.8 Å². The van der Waals surface area contributed by atoms with E-state index in [9.17, 15) is 4.91 Å². The summed E-state index contributed by atoms with van der Waals surface area (Å²) in [6, 6.07) is 5.44. The van der Waals surface area contributed by atoms with Crippen molar-refractivity contribution in [1.82, 2.24) is 0 Å². The average Bonchev–Trinajstić information content (AvgIpc) is 2.43. The summed E-state index contributed by atoms with van der Waals surface area (Å²) in [5.74, 6) is 0.639. The lowest BCUT2D eigenvalue weighted by molar-refractivity contribution is 0.252. The van der Waals surface area contributed by atoms with Gasteiger partial charge in [0.2, 0.25) is 0 Å². The van der Waals surface area contributed by atoms with Gasteiger partial charge in [0, 0.05) is 12.8 Å². The Bertz CT molecular complexity index is 549. The van der Waals surface area contributed by atoms with Crippen molar-refractivity contribution in [2.75, 3.05) is 0 Å². The Morgan fingerprint density at radius 2 is 2.32 bits per heavy atom. The lowest BCUT2D eigenvalue weighted by Gasteiger charge is -2.17. The summed E-state index contributed by atoms with van der Waals surface area (Å²) in [5, 5.41) is 3.32. The molecule has 1 atom stereocenters. The number of allylic oxidation sites excluding steroid dienone is 3. The average molecular weight is 276 g/mol. The van der Waals surface area contributed by atoms with E-state index in [2.05, 4.69) is 11.8 Å². The largest absolute Gasteiger partial charge is 0.484 e. The van der Waals surface area contributed by atoms with Gasteiger partial charge in [0.1, 0.15) is 11.9 Å². The molecule has 1 aromatic rings. The van der Waals surface area contributed by atoms with E-state index >= 15 is 0 Å². The van der Waals surface area contributed by atoms with E-state index in [1.165, 1.54) is 0 Å². The van der Waals surface area contributed by atoms with Crippen LogP contribution < -0.4 is 4.74 Å². The van der Waals surface area contributed by atoms with Gasteiger partial charge in [-0.3, -0.25) is 0 Å². The summed E-state index contributed by atoms with van der Waals surface area (Å²) >= 11 is 6.17. The molecular weight excluding hydrogens is 262 g/mol. The van der Waals surface area contributed by atoms with Gasteiger partial charge in [-0.2, -0.15) is 0 Å². The van der Waals surface area contributed by atoms with E-state index in [1.807, 2.05) is 36.4 Å². The van der Waals surface area contributed by atoms with Crippen molar-refractivity contribution < 1.29 is 4.74 Å². The third-order valence-corrected chi connectivity index (χ3v) is 3.05. The van der Waals surface area contributed by atoms with Crippen LogP contribution >= 0.6 is 11.6 Å². The minimum absolute atomic E-state index is 0.0138. The Hall–Kier alpha value is -1.87. The highest BCUT2D eigenvalue weighted by Gasteiger charge is 2.10. The van der Waals surface area contributed by atoms with Crippen LogP contribution in [0.1, 0.15) is 12.0 Å². The lowest BCUT2D eigenvalue weighted by atomic mass is 10.1. The fraction of sp³-hybridized carbons (Fsp3) is 0.200. The molecule has 0 saturated carbocycles. The molecule has 0 saturated heterocycles. The molecule has 1 aliphatic rings. The van der Waals surface area contributed by atoms with Crippen molar-refractivity contribution in [2.24, 2.45) is 5.18 Å². The number of nitrogens with zero attached hydrogens (tertiary/aromatic N) is 1. The van der Waals surface area contributed by atoms with Crippen molar-refractivity contribution >= 4 is 11.6 Å². The number of halogens is 1. The van der Waals surface area contributed by atoms with Gasteiger partial charge in [-0.15, -0.1) is 4.91 Å². The maximum Gasteiger partial charge on any atom is 0.138 e. The Balaban J connectivity index is 2.06. The molecule has 0 fully saturated rings. The first kappa shape index (κ1) is 13.6. The van der Waals surface area contributed by atoms with Crippen LogP contribution in [0.2, 0.25) is 5.02 Å². The Labute approximate surface area is 117 Å².